The zero-order chi connectivity index (χ0) is 12.1. The monoisotopic (exact) mass is 241 g/mol. The molecule has 0 saturated heterocycles. The molecule has 5 heteroatoms. The summed E-state index contributed by atoms with van der Waals surface area (Å²) in [5, 5.41) is 0.240. The third-order valence-electron chi connectivity index (χ3n) is 2.63. The molecule has 88 valence electrons. The molecule has 0 aliphatic rings. The first kappa shape index (κ1) is 12.9. The molecule has 0 aromatic carbocycles. The van der Waals surface area contributed by atoms with Crippen LogP contribution in [-0.2, 0) is 0 Å². The average molecular weight is 242 g/mol. The molecule has 0 N–H and O–H groups in total. The third-order valence-corrected chi connectivity index (χ3v) is 2.82. The van der Waals surface area contributed by atoms with E-state index >= 15 is 0 Å². The van der Waals surface area contributed by atoms with Gasteiger partial charge >= 0.3 is 0 Å². The van der Waals surface area contributed by atoms with Gasteiger partial charge in [-0.2, -0.15) is 0 Å². The van der Waals surface area contributed by atoms with Gasteiger partial charge in [0.25, 0.3) is 5.91 Å². The van der Waals surface area contributed by atoms with E-state index in [2.05, 4.69) is 23.8 Å². The highest BCUT2D eigenvalue weighted by molar-refractivity contribution is 6.29. The van der Waals surface area contributed by atoms with Crippen LogP contribution in [0.1, 0.15) is 37.2 Å². The smallest absolute Gasteiger partial charge is 0.274 e. The zero-order valence-electron chi connectivity index (χ0n) is 9.77. The van der Waals surface area contributed by atoms with E-state index in [4.69, 9.17) is 11.6 Å². The molecule has 0 fully saturated rings. The van der Waals surface area contributed by atoms with Gasteiger partial charge in [0.1, 0.15) is 10.8 Å². The van der Waals surface area contributed by atoms with Crippen molar-refractivity contribution >= 4 is 17.5 Å². The second kappa shape index (κ2) is 5.80. The normalized spacial score (nSPS) is 10.6. The molecule has 1 aromatic rings. The van der Waals surface area contributed by atoms with Gasteiger partial charge in [-0.25, -0.2) is 4.98 Å². The molecule has 1 aromatic heterocycles. The minimum Gasteiger partial charge on any atom is -0.337 e. The van der Waals surface area contributed by atoms with Gasteiger partial charge in [-0.3, -0.25) is 9.78 Å². The number of halogens is 1. The zero-order valence-corrected chi connectivity index (χ0v) is 10.5. The Balaban J connectivity index is 2.85. The standard InChI is InChI=1S/C11H16ClN3O/c1-4-8(5-2)15(3)11(16)9-6-13-7-10(12)14-9/h6-8H,4-5H2,1-3H3. The number of amides is 1. The average Bonchev–Trinajstić information content (AvgIpc) is 2.29. The first-order chi connectivity index (χ1) is 7.60. The molecular weight excluding hydrogens is 226 g/mol. The van der Waals surface area contributed by atoms with Crippen LogP contribution in [0, 0.1) is 0 Å². The summed E-state index contributed by atoms with van der Waals surface area (Å²) in [6, 6.07) is 0.230. The van der Waals surface area contributed by atoms with Crippen molar-refractivity contribution in [3.05, 3.63) is 23.2 Å². The van der Waals surface area contributed by atoms with Crippen LogP contribution in [0.15, 0.2) is 12.4 Å². The molecule has 0 saturated carbocycles. The number of rotatable bonds is 4. The van der Waals surface area contributed by atoms with Gasteiger partial charge in [0.15, 0.2) is 0 Å². The van der Waals surface area contributed by atoms with E-state index in [9.17, 15) is 4.79 Å². The molecule has 0 unspecified atom stereocenters. The molecule has 16 heavy (non-hydrogen) atoms. The fraction of sp³-hybridized carbons (Fsp3) is 0.545. The Hall–Kier alpha value is -1.16. The molecule has 0 spiro atoms. The van der Waals surface area contributed by atoms with Crippen LogP contribution in [-0.4, -0.2) is 33.9 Å². The van der Waals surface area contributed by atoms with Gasteiger partial charge < -0.3 is 4.90 Å². The fourth-order valence-corrected chi connectivity index (χ4v) is 1.78. The third kappa shape index (κ3) is 2.92. The first-order valence-electron chi connectivity index (χ1n) is 5.34. The molecule has 0 radical (unpaired) electrons. The van der Waals surface area contributed by atoms with Crippen molar-refractivity contribution in [2.24, 2.45) is 0 Å². The van der Waals surface area contributed by atoms with Crippen LogP contribution in [0.5, 0.6) is 0 Å². The maximum absolute atomic E-state index is 12.0. The van der Waals surface area contributed by atoms with Crippen molar-refractivity contribution in [2.75, 3.05) is 7.05 Å². The van der Waals surface area contributed by atoms with Crippen molar-refractivity contribution in [3.63, 3.8) is 0 Å². The van der Waals surface area contributed by atoms with Crippen LogP contribution in [0.2, 0.25) is 5.15 Å². The quantitative estimate of drug-likeness (QED) is 0.813. The van der Waals surface area contributed by atoms with Crippen LogP contribution < -0.4 is 0 Å². The van der Waals surface area contributed by atoms with Crippen molar-refractivity contribution in [1.29, 1.82) is 0 Å². The highest BCUT2D eigenvalue weighted by Gasteiger charge is 2.19. The lowest BCUT2D eigenvalue weighted by Gasteiger charge is -2.25. The fourth-order valence-electron chi connectivity index (χ4n) is 1.63. The maximum Gasteiger partial charge on any atom is 0.274 e. The predicted octanol–water partition coefficient (Wildman–Crippen LogP) is 2.39. The summed E-state index contributed by atoms with van der Waals surface area (Å²) in [7, 11) is 1.78. The van der Waals surface area contributed by atoms with Crippen molar-refractivity contribution < 1.29 is 4.79 Å². The lowest BCUT2D eigenvalue weighted by Crippen LogP contribution is -2.36. The number of nitrogens with zero attached hydrogens (tertiary/aromatic N) is 3. The summed E-state index contributed by atoms with van der Waals surface area (Å²) in [4.78, 5) is 21.5. The maximum atomic E-state index is 12.0. The molecular formula is C11H16ClN3O. The number of carbonyl (C=O) groups is 1. The molecule has 0 bridgehead atoms. The first-order valence-corrected chi connectivity index (χ1v) is 5.72. The van der Waals surface area contributed by atoms with Crippen LogP contribution in [0.4, 0.5) is 0 Å². The lowest BCUT2D eigenvalue weighted by molar-refractivity contribution is 0.0717. The Morgan fingerprint density at radius 3 is 2.56 bits per heavy atom. The number of hydrogen-bond acceptors (Lipinski definition) is 3. The highest BCUT2D eigenvalue weighted by atomic mass is 35.5. The van der Waals surface area contributed by atoms with E-state index in [-0.39, 0.29) is 17.1 Å². The Kier molecular flexibility index (Phi) is 4.68. The van der Waals surface area contributed by atoms with Crippen LogP contribution >= 0.6 is 11.6 Å². The van der Waals surface area contributed by atoms with E-state index in [0.717, 1.165) is 12.8 Å². The summed E-state index contributed by atoms with van der Waals surface area (Å²) in [5.41, 5.74) is 0.293. The Bertz CT molecular complexity index is 366. The molecule has 1 rings (SSSR count). The van der Waals surface area contributed by atoms with Gasteiger partial charge in [-0.05, 0) is 12.8 Å². The minimum atomic E-state index is -0.135. The van der Waals surface area contributed by atoms with Gasteiger partial charge in [0, 0.05) is 13.1 Å². The molecule has 0 aliphatic heterocycles. The SMILES string of the molecule is CCC(CC)N(C)C(=O)c1cncc(Cl)n1. The summed E-state index contributed by atoms with van der Waals surface area (Å²) in [6.45, 7) is 4.11. The van der Waals surface area contributed by atoms with Gasteiger partial charge in [-0.1, -0.05) is 25.4 Å². The minimum absolute atomic E-state index is 0.135. The van der Waals surface area contributed by atoms with Crippen LogP contribution in [0.25, 0.3) is 0 Å². The Morgan fingerprint density at radius 2 is 2.06 bits per heavy atom. The molecule has 0 atom stereocenters. The van der Waals surface area contributed by atoms with Crippen molar-refractivity contribution in [1.82, 2.24) is 14.9 Å². The summed E-state index contributed by atoms with van der Waals surface area (Å²) in [6.07, 6.45) is 4.70. The Labute approximate surface area is 101 Å². The van der Waals surface area contributed by atoms with E-state index in [1.165, 1.54) is 12.4 Å². The van der Waals surface area contributed by atoms with Crippen molar-refractivity contribution in [2.45, 2.75) is 32.7 Å². The summed E-state index contributed by atoms with van der Waals surface area (Å²) < 4.78 is 0. The molecule has 4 nitrogen and oxygen atoms in total. The van der Waals surface area contributed by atoms with E-state index in [1.54, 1.807) is 11.9 Å². The second-order valence-electron chi connectivity index (χ2n) is 3.61. The Morgan fingerprint density at radius 1 is 1.44 bits per heavy atom. The number of hydrogen-bond donors (Lipinski definition) is 0. The van der Waals surface area contributed by atoms with Crippen molar-refractivity contribution in [3.8, 4) is 0 Å². The van der Waals surface area contributed by atoms with E-state index in [1.807, 2.05) is 0 Å². The summed E-state index contributed by atoms with van der Waals surface area (Å²) >= 11 is 5.70. The topological polar surface area (TPSA) is 46.1 Å². The van der Waals surface area contributed by atoms with Gasteiger partial charge in [-0.15, -0.1) is 0 Å². The van der Waals surface area contributed by atoms with Crippen LogP contribution in [0.3, 0.4) is 0 Å². The highest BCUT2D eigenvalue weighted by Crippen LogP contribution is 2.11. The lowest BCUT2D eigenvalue weighted by atomic mass is 10.1. The van der Waals surface area contributed by atoms with Gasteiger partial charge in [0.05, 0.1) is 12.4 Å². The number of carbonyl (C=O) groups excluding carboxylic acids is 1. The van der Waals surface area contributed by atoms with E-state index < -0.39 is 0 Å². The largest absolute Gasteiger partial charge is 0.337 e. The van der Waals surface area contributed by atoms with Gasteiger partial charge in [0.2, 0.25) is 0 Å². The molecule has 0 aliphatic carbocycles. The predicted molar refractivity (Wildman–Crippen MR) is 63.5 cm³/mol. The van der Waals surface area contributed by atoms with E-state index in [0.29, 0.717) is 5.69 Å². The second-order valence-corrected chi connectivity index (χ2v) is 4.00. The number of aromatic nitrogens is 2. The molecule has 1 heterocycles. The molecule has 1 amide bonds. The summed E-state index contributed by atoms with van der Waals surface area (Å²) in [5.74, 6) is -0.135.